The molecule has 0 saturated carbocycles. The summed E-state index contributed by atoms with van der Waals surface area (Å²) in [6.45, 7) is 3.65. The largest absolute Gasteiger partial charge is 0.351 e. The summed E-state index contributed by atoms with van der Waals surface area (Å²) >= 11 is 0. The summed E-state index contributed by atoms with van der Waals surface area (Å²) in [6.07, 6.45) is 0. The predicted octanol–water partition coefficient (Wildman–Crippen LogP) is 1.56. The van der Waals surface area contributed by atoms with Crippen LogP contribution in [0.15, 0.2) is 18.2 Å². The molecule has 0 radical (unpaired) electrons. The third-order valence-corrected chi connectivity index (χ3v) is 2.49. The molecule has 0 fully saturated rings. The third-order valence-electron chi connectivity index (χ3n) is 2.49. The Labute approximate surface area is 99.0 Å². The minimum absolute atomic E-state index is 0.00532. The van der Waals surface area contributed by atoms with Crippen LogP contribution in [0.25, 0.3) is 0 Å². The van der Waals surface area contributed by atoms with Crippen LogP contribution in [0.4, 0.5) is 8.78 Å². The van der Waals surface area contributed by atoms with E-state index in [-0.39, 0.29) is 23.9 Å². The van der Waals surface area contributed by atoms with Gasteiger partial charge in [-0.15, -0.1) is 0 Å². The fraction of sp³-hybridized carbons (Fsp3) is 0.417. The molecule has 94 valence electrons. The molecule has 0 bridgehead atoms. The van der Waals surface area contributed by atoms with E-state index in [9.17, 15) is 13.6 Å². The van der Waals surface area contributed by atoms with Gasteiger partial charge in [-0.3, -0.25) is 4.79 Å². The number of amides is 1. The summed E-state index contributed by atoms with van der Waals surface area (Å²) in [4.78, 5) is 11.5. The first kappa shape index (κ1) is 13.6. The molecule has 17 heavy (non-hydrogen) atoms. The second kappa shape index (κ2) is 5.72. The van der Waals surface area contributed by atoms with Crippen LogP contribution >= 0.6 is 0 Å². The Morgan fingerprint density at radius 2 is 2.06 bits per heavy atom. The van der Waals surface area contributed by atoms with Crippen LogP contribution in [-0.2, 0) is 11.3 Å². The van der Waals surface area contributed by atoms with Gasteiger partial charge in [-0.05, 0) is 12.0 Å². The zero-order valence-corrected chi connectivity index (χ0v) is 9.84. The minimum Gasteiger partial charge on any atom is -0.351 e. The van der Waals surface area contributed by atoms with Crippen molar-refractivity contribution >= 4 is 5.91 Å². The van der Waals surface area contributed by atoms with E-state index in [4.69, 9.17) is 5.73 Å². The van der Waals surface area contributed by atoms with Gasteiger partial charge in [-0.2, -0.15) is 0 Å². The molecule has 0 spiro atoms. The number of benzene rings is 1. The fourth-order valence-electron chi connectivity index (χ4n) is 1.27. The molecule has 3 N–H and O–H groups in total. The van der Waals surface area contributed by atoms with E-state index in [1.54, 1.807) is 0 Å². The van der Waals surface area contributed by atoms with E-state index in [2.05, 4.69) is 5.32 Å². The smallest absolute Gasteiger partial charge is 0.237 e. The van der Waals surface area contributed by atoms with Crippen molar-refractivity contribution in [2.45, 2.75) is 26.4 Å². The van der Waals surface area contributed by atoms with Crippen molar-refractivity contribution in [2.75, 3.05) is 0 Å². The van der Waals surface area contributed by atoms with E-state index < -0.39 is 17.7 Å². The Balaban J connectivity index is 2.59. The molecular formula is C12H16F2N2O. The van der Waals surface area contributed by atoms with Crippen molar-refractivity contribution in [1.29, 1.82) is 0 Å². The quantitative estimate of drug-likeness (QED) is 0.842. The first-order valence-corrected chi connectivity index (χ1v) is 5.39. The number of hydrogen-bond acceptors (Lipinski definition) is 2. The van der Waals surface area contributed by atoms with Crippen LogP contribution in [0, 0.1) is 17.6 Å². The molecule has 1 aromatic carbocycles. The van der Waals surface area contributed by atoms with E-state index >= 15 is 0 Å². The number of halogens is 2. The van der Waals surface area contributed by atoms with Gasteiger partial charge < -0.3 is 11.1 Å². The molecule has 1 rings (SSSR count). The lowest BCUT2D eigenvalue weighted by molar-refractivity contribution is -0.123. The molecule has 3 nitrogen and oxygen atoms in total. The summed E-state index contributed by atoms with van der Waals surface area (Å²) in [5.74, 6) is -1.66. The monoisotopic (exact) mass is 242 g/mol. The highest BCUT2D eigenvalue weighted by atomic mass is 19.1. The molecule has 1 atom stereocenters. The molecule has 0 aliphatic rings. The van der Waals surface area contributed by atoms with E-state index in [1.807, 2.05) is 13.8 Å². The number of rotatable bonds is 4. The number of nitrogens with two attached hydrogens (primary N) is 1. The normalized spacial score (nSPS) is 12.6. The summed E-state index contributed by atoms with van der Waals surface area (Å²) in [7, 11) is 0. The van der Waals surface area contributed by atoms with E-state index in [1.165, 1.54) is 6.07 Å². The molecular weight excluding hydrogens is 226 g/mol. The van der Waals surface area contributed by atoms with E-state index in [0.717, 1.165) is 12.1 Å². The van der Waals surface area contributed by atoms with Gasteiger partial charge in [0.2, 0.25) is 5.91 Å². The van der Waals surface area contributed by atoms with Crippen LogP contribution in [0.1, 0.15) is 19.4 Å². The van der Waals surface area contributed by atoms with Gasteiger partial charge in [0.1, 0.15) is 11.6 Å². The zero-order chi connectivity index (χ0) is 13.0. The van der Waals surface area contributed by atoms with Crippen LogP contribution in [-0.4, -0.2) is 11.9 Å². The average Bonchev–Trinajstić information content (AvgIpc) is 2.26. The van der Waals surface area contributed by atoms with Crippen molar-refractivity contribution in [2.24, 2.45) is 11.7 Å². The molecule has 0 saturated heterocycles. The van der Waals surface area contributed by atoms with Gasteiger partial charge in [0.05, 0.1) is 6.04 Å². The lowest BCUT2D eigenvalue weighted by Gasteiger charge is -2.15. The van der Waals surface area contributed by atoms with Crippen molar-refractivity contribution in [3.63, 3.8) is 0 Å². The van der Waals surface area contributed by atoms with Crippen LogP contribution in [0.5, 0.6) is 0 Å². The Kier molecular flexibility index (Phi) is 4.57. The first-order chi connectivity index (χ1) is 7.91. The maximum Gasteiger partial charge on any atom is 0.237 e. The number of hydrogen-bond donors (Lipinski definition) is 2. The second-order valence-corrected chi connectivity index (χ2v) is 4.22. The van der Waals surface area contributed by atoms with Gasteiger partial charge in [0, 0.05) is 18.2 Å². The molecule has 1 unspecified atom stereocenters. The summed E-state index contributed by atoms with van der Waals surface area (Å²) < 4.78 is 25.9. The fourth-order valence-corrected chi connectivity index (χ4v) is 1.27. The van der Waals surface area contributed by atoms with Crippen LogP contribution < -0.4 is 11.1 Å². The van der Waals surface area contributed by atoms with Crippen molar-refractivity contribution in [1.82, 2.24) is 5.32 Å². The number of nitrogens with one attached hydrogen (secondary N) is 1. The standard InChI is InChI=1S/C12H16F2N2O/c1-7(2)11(15)12(17)16-6-8-3-4-9(13)5-10(8)14/h3-5,7,11H,6,15H2,1-2H3,(H,16,17). The topological polar surface area (TPSA) is 55.1 Å². The molecule has 0 aliphatic carbocycles. The van der Waals surface area contributed by atoms with Crippen molar-refractivity contribution < 1.29 is 13.6 Å². The van der Waals surface area contributed by atoms with E-state index in [0.29, 0.717) is 0 Å². The highest BCUT2D eigenvalue weighted by Gasteiger charge is 2.17. The van der Waals surface area contributed by atoms with Crippen LogP contribution in [0.3, 0.4) is 0 Å². The van der Waals surface area contributed by atoms with Crippen LogP contribution in [0.2, 0.25) is 0 Å². The maximum absolute atomic E-state index is 13.2. The molecule has 1 aromatic rings. The Hall–Kier alpha value is -1.49. The van der Waals surface area contributed by atoms with Gasteiger partial charge >= 0.3 is 0 Å². The molecule has 0 aromatic heterocycles. The molecule has 5 heteroatoms. The lowest BCUT2D eigenvalue weighted by Crippen LogP contribution is -2.43. The Morgan fingerprint density at radius 1 is 1.41 bits per heavy atom. The van der Waals surface area contributed by atoms with Crippen molar-refractivity contribution in [3.8, 4) is 0 Å². The summed E-state index contributed by atoms with van der Waals surface area (Å²) in [6, 6.07) is 2.60. The second-order valence-electron chi connectivity index (χ2n) is 4.22. The number of carbonyl (C=O) groups excluding carboxylic acids is 1. The highest BCUT2D eigenvalue weighted by Crippen LogP contribution is 2.09. The average molecular weight is 242 g/mol. The van der Waals surface area contributed by atoms with Gasteiger partial charge in [0.15, 0.2) is 0 Å². The molecule has 0 aliphatic heterocycles. The third kappa shape index (κ3) is 3.78. The van der Waals surface area contributed by atoms with Gasteiger partial charge in [-0.25, -0.2) is 8.78 Å². The maximum atomic E-state index is 13.2. The van der Waals surface area contributed by atoms with Gasteiger partial charge in [0.25, 0.3) is 0 Å². The predicted molar refractivity (Wildman–Crippen MR) is 61.0 cm³/mol. The molecule has 1 amide bonds. The van der Waals surface area contributed by atoms with Crippen molar-refractivity contribution in [3.05, 3.63) is 35.4 Å². The SMILES string of the molecule is CC(C)C(N)C(=O)NCc1ccc(F)cc1F. The van der Waals surface area contributed by atoms with Gasteiger partial charge in [-0.1, -0.05) is 19.9 Å². The summed E-state index contributed by atoms with van der Waals surface area (Å²) in [5.41, 5.74) is 5.85. The summed E-state index contributed by atoms with van der Waals surface area (Å²) in [5, 5.41) is 2.51. The Bertz CT molecular complexity index is 407. The number of carbonyl (C=O) groups is 1. The Morgan fingerprint density at radius 3 is 2.59 bits per heavy atom. The minimum atomic E-state index is -0.677. The lowest BCUT2D eigenvalue weighted by atomic mass is 10.0. The highest BCUT2D eigenvalue weighted by molar-refractivity contribution is 5.81. The first-order valence-electron chi connectivity index (χ1n) is 5.39. The molecule has 0 heterocycles. The zero-order valence-electron chi connectivity index (χ0n) is 9.84.